The van der Waals surface area contributed by atoms with Crippen LogP contribution in [0.5, 0.6) is 0 Å². The van der Waals surface area contributed by atoms with Gasteiger partial charge in [0.25, 0.3) is 0 Å². The summed E-state index contributed by atoms with van der Waals surface area (Å²) in [6.45, 7) is 3.64. The zero-order valence-electron chi connectivity index (χ0n) is 17.2. The second-order valence-corrected chi connectivity index (χ2v) is 8.00. The van der Waals surface area contributed by atoms with Crippen LogP contribution >= 0.6 is 11.6 Å². The highest BCUT2D eigenvalue weighted by molar-refractivity contribution is 6.40. The van der Waals surface area contributed by atoms with Crippen molar-refractivity contribution in [2.24, 2.45) is 0 Å². The van der Waals surface area contributed by atoms with E-state index in [1.165, 1.54) is 11.1 Å². The monoisotopic (exact) mass is 437 g/mol. The SMILES string of the molecule is Cc1c(Cl)cccc1NC(=O)C(=O)NCC(c1ccco1)N1CCc2ccccc2C1. The molecule has 2 heterocycles. The smallest absolute Gasteiger partial charge is 0.313 e. The van der Waals surface area contributed by atoms with E-state index in [-0.39, 0.29) is 12.6 Å². The highest BCUT2D eigenvalue weighted by atomic mass is 35.5. The van der Waals surface area contributed by atoms with Crippen molar-refractivity contribution < 1.29 is 14.0 Å². The number of carbonyl (C=O) groups excluding carboxylic acids is 2. The molecule has 2 aromatic carbocycles. The van der Waals surface area contributed by atoms with Gasteiger partial charge in [0.2, 0.25) is 0 Å². The van der Waals surface area contributed by atoms with Gasteiger partial charge < -0.3 is 15.1 Å². The first-order chi connectivity index (χ1) is 15.0. The lowest BCUT2D eigenvalue weighted by molar-refractivity contribution is -0.136. The van der Waals surface area contributed by atoms with Gasteiger partial charge in [-0.05, 0) is 54.3 Å². The number of benzene rings is 2. The van der Waals surface area contributed by atoms with Gasteiger partial charge in [-0.15, -0.1) is 0 Å². The zero-order chi connectivity index (χ0) is 21.8. The molecule has 1 aliphatic heterocycles. The number of halogens is 1. The van der Waals surface area contributed by atoms with E-state index in [0.717, 1.165) is 25.3 Å². The number of amides is 2. The van der Waals surface area contributed by atoms with Gasteiger partial charge in [0.1, 0.15) is 5.76 Å². The van der Waals surface area contributed by atoms with Crippen LogP contribution in [0.3, 0.4) is 0 Å². The predicted octanol–water partition coefficient (Wildman–Crippen LogP) is 4.10. The van der Waals surface area contributed by atoms with Crippen LogP contribution in [0, 0.1) is 6.92 Å². The maximum absolute atomic E-state index is 12.5. The largest absolute Gasteiger partial charge is 0.468 e. The predicted molar refractivity (Wildman–Crippen MR) is 120 cm³/mol. The number of carbonyl (C=O) groups is 2. The quantitative estimate of drug-likeness (QED) is 0.589. The minimum Gasteiger partial charge on any atom is -0.468 e. The number of furan rings is 1. The van der Waals surface area contributed by atoms with E-state index in [1.807, 2.05) is 18.2 Å². The zero-order valence-corrected chi connectivity index (χ0v) is 18.0. The van der Waals surface area contributed by atoms with Crippen LogP contribution in [0.2, 0.25) is 5.02 Å². The molecule has 1 aromatic heterocycles. The normalized spacial score (nSPS) is 14.5. The summed E-state index contributed by atoms with van der Waals surface area (Å²) in [5.74, 6) is -0.674. The third kappa shape index (κ3) is 4.81. The highest BCUT2D eigenvalue weighted by Gasteiger charge is 2.28. The van der Waals surface area contributed by atoms with Crippen LogP contribution in [0.4, 0.5) is 5.69 Å². The molecule has 0 radical (unpaired) electrons. The summed E-state index contributed by atoms with van der Waals surface area (Å²) in [4.78, 5) is 27.2. The fraction of sp³-hybridized carbons (Fsp3) is 0.250. The Hall–Kier alpha value is -3.09. The third-order valence-electron chi connectivity index (χ3n) is 5.65. The fourth-order valence-electron chi connectivity index (χ4n) is 3.87. The molecule has 1 aliphatic rings. The molecule has 0 saturated carbocycles. The second kappa shape index (κ2) is 9.37. The molecule has 4 rings (SSSR count). The molecule has 1 unspecified atom stereocenters. The lowest BCUT2D eigenvalue weighted by Gasteiger charge is -2.34. The van der Waals surface area contributed by atoms with Gasteiger partial charge in [-0.2, -0.15) is 0 Å². The Bertz CT molecular complexity index is 1080. The molecule has 1 atom stereocenters. The van der Waals surface area contributed by atoms with Crippen LogP contribution in [-0.4, -0.2) is 29.8 Å². The molecule has 160 valence electrons. The van der Waals surface area contributed by atoms with E-state index in [2.05, 4.69) is 33.7 Å². The topological polar surface area (TPSA) is 74.6 Å². The number of hydrogen-bond acceptors (Lipinski definition) is 4. The molecular formula is C24H24ClN3O3. The van der Waals surface area contributed by atoms with Crippen LogP contribution < -0.4 is 10.6 Å². The molecule has 0 saturated heterocycles. The first-order valence-electron chi connectivity index (χ1n) is 10.2. The first kappa shape index (κ1) is 21.2. The number of fused-ring (bicyclic) bond motifs is 1. The van der Waals surface area contributed by atoms with E-state index in [1.54, 1.807) is 31.4 Å². The van der Waals surface area contributed by atoms with Gasteiger partial charge in [-0.1, -0.05) is 41.9 Å². The Morgan fingerprint density at radius 2 is 1.87 bits per heavy atom. The molecule has 7 heteroatoms. The molecule has 31 heavy (non-hydrogen) atoms. The molecular weight excluding hydrogens is 414 g/mol. The highest BCUT2D eigenvalue weighted by Crippen LogP contribution is 2.28. The minimum absolute atomic E-state index is 0.173. The van der Waals surface area contributed by atoms with E-state index in [0.29, 0.717) is 16.3 Å². The van der Waals surface area contributed by atoms with Gasteiger partial charge >= 0.3 is 11.8 Å². The number of hydrogen-bond donors (Lipinski definition) is 2. The van der Waals surface area contributed by atoms with Crippen molar-refractivity contribution in [1.29, 1.82) is 0 Å². The molecule has 0 aliphatic carbocycles. The molecule has 0 fully saturated rings. The van der Waals surface area contributed by atoms with E-state index in [9.17, 15) is 9.59 Å². The molecule has 0 spiro atoms. The summed E-state index contributed by atoms with van der Waals surface area (Å²) in [5, 5.41) is 5.92. The Morgan fingerprint density at radius 3 is 2.65 bits per heavy atom. The molecule has 2 amide bonds. The van der Waals surface area contributed by atoms with Crippen LogP contribution in [0.15, 0.2) is 65.3 Å². The summed E-state index contributed by atoms with van der Waals surface area (Å²) >= 11 is 6.09. The minimum atomic E-state index is -0.729. The van der Waals surface area contributed by atoms with Crippen LogP contribution in [0.25, 0.3) is 0 Å². The maximum Gasteiger partial charge on any atom is 0.313 e. The number of anilines is 1. The van der Waals surface area contributed by atoms with Crippen molar-refractivity contribution in [1.82, 2.24) is 10.2 Å². The van der Waals surface area contributed by atoms with E-state index < -0.39 is 11.8 Å². The average molecular weight is 438 g/mol. The van der Waals surface area contributed by atoms with Gasteiger partial charge in [0.15, 0.2) is 0 Å². The third-order valence-corrected chi connectivity index (χ3v) is 6.06. The Balaban J connectivity index is 1.43. The van der Waals surface area contributed by atoms with Crippen LogP contribution in [-0.2, 0) is 22.6 Å². The van der Waals surface area contributed by atoms with Gasteiger partial charge in [-0.25, -0.2) is 0 Å². The summed E-state index contributed by atoms with van der Waals surface area (Å²) in [7, 11) is 0. The summed E-state index contributed by atoms with van der Waals surface area (Å²) < 4.78 is 5.65. The van der Waals surface area contributed by atoms with Gasteiger partial charge in [0.05, 0.1) is 12.3 Å². The van der Waals surface area contributed by atoms with Crippen LogP contribution in [0.1, 0.15) is 28.5 Å². The van der Waals surface area contributed by atoms with Crippen molar-refractivity contribution in [3.8, 4) is 0 Å². The first-order valence-corrected chi connectivity index (χ1v) is 10.6. The van der Waals surface area contributed by atoms with Gasteiger partial charge in [0, 0.05) is 30.3 Å². The Labute approximate surface area is 186 Å². The lowest BCUT2D eigenvalue weighted by atomic mass is 9.98. The lowest BCUT2D eigenvalue weighted by Crippen LogP contribution is -2.43. The van der Waals surface area contributed by atoms with Crippen molar-refractivity contribution in [3.63, 3.8) is 0 Å². The summed E-state index contributed by atoms with van der Waals surface area (Å²) in [5.41, 5.74) is 3.84. The standard InChI is InChI=1S/C24H24ClN3O3/c1-16-19(25)8-4-9-20(16)27-24(30)23(29)26-14-21(22-10-5-13-31-22)28-12-11-17-6-2-3-7-18(17)15-28/h2-10,13,21H,11-12,14-15H2,1H3,(H,26,29)(H,27,30). The molecule has 2 N–H and O–H groups in total. The van der Waals surface area contributed by atoms with Crippen molar-refractivity contribution in [2.45, 2.75) is 25.9 Å². The molecule has 6 nitrogen and oxygen atoms in total. The van der Waals surface area contributed by atoms with E-state index in [4.69, 9.17) is 16.0 Å². The molecule has 3 aromatic rings. The fourth-order valence-corrected chi connectivity index (χ4v) is 4.04. The Morgan fingerprint density at radius 1 is 1.06 bits per heavy atom. The summed E-state index contributed by atoms with van der Waals surface area (Å²) in [6, 6.07) is 17.1. The number of nitrogens with zero attached hydrogens (tertiary/aromatic N) is 1. The maximum atomic E-state index is 12.5. The number of rotatable bonds is 5. The van der Waals surface area contributed by atoms with E-state index >= 15 is 0 Å². The van der Waals surface area contributed by atoms with Crippen molar-refractivity contribution >= 4 is 29.1 Å². The second-order valence-electron chi connectivity index (χ2n) is 7.60. The van der Waals surface area contributed by atoms with Gasteiger partial charge in [-0.3, -0.25) is 14.5 Å². The van der Waals surface area contributed by atoms with Crippen molar-refractivity contribution in [3.05, 3.63) is 88.3 Å². The average Bonchev–Trinajstić information content (AvgIpc) is 3.31. The number of nitrogens with one attached hydrogen (secondary N) is 2. The summed E-state index contributed by atoms with van der Waals surface area (Å²) in [6.07, 6.45) is 2.55. The van der Waals surface area contributed by atoms with Crippen molar-refractivity contribution in [2.75, 3.05) is 18.4 Å². The molecule has 0 bridgehead atoms. The Kier molecular flexibility index (Phi) is 6.39.